The molecule has 0 spiro atoms. The molecule has 0 aliphatic heterocycles. The summed E-state index contributed by atoms with van der Waals surface area (Å²) in [6.45, 7) is 0.912. The SMILES string of the molecule is Nc1cccc(OCCNC(=O)NC2CCC2)c1. The van der Waals surface area contributed by atoms with E-state index in [-0.39, 0.29) is 6.03 Å². The van der Waals surface area contributed by atoms with Crippen molar-refractivity contribution in [2.75, 3.05) is 18.9 Å². The largest absolute Gasteiger partial charge is 0.492 e. The molecule has 0 radical (unpaired) electrons. The monoisotopic (exact) mass is 249 g/mol. The van der Waals surface area contributed by atoms with Crippen LogP contribution in [-0.4, -0.2) is 25.2 Å². The first-order chi connectivity index (χ1) is 8.74. The van der Waals surface area contributed by atoms with Crippen LogP contribution in [0, 0.1) is 0 Å². The molecule has 1 aromatic rings. The van der Waals surface area contributed by atoms with Gasteiger partial charge in [-0.25, -0.2) is 4.79 Å². The number of ether oxygens (including phenoxy) is 1. The molecule has 0 saturated heterocycles. The molecule has 1 aliphatic carbocycles. The molecule has 5 heteroatoms. The topological polar surface area (TPSA) is 76.4 Å². The van der Waals surface area contributed by atoms with Crippen LogP contribution in [0.4, 0.5) is 10.5 Å². The number of amides is 2. The molecule has 1 aliphatic rings. The highest BCUT2D eigenvalue weighted by Gasteiger charge is 2.18. The Morgan fingerprint density at radius 1 is 1.44 bits per heavy atom. The Kier molecular flexibility index (Phi) is 4.28. The predicted molar refractivity (Wildman–Crippen MR) is 70.5 cm³/mol. The number of benzene rings is 1. The van der Waals surface area contributed by atoms with E-state index in [1.807, 2.05) is 12.1 Å². The van der Waals surface area contributed by atoms with Crippen molar-refractivity contribution >= 4 is 11.7 Å². The normalized spacial score (nSPS) is 14.7. The van der Waals surface area contributed by atoms with Crippen LogP contribution in [-0.2, 0) is 0 Å². The van der Waals surface area contributed by atoms with Crippen LogP contribution in [0.2, 0.25) is 0 Å². The van der Waals surface area contributed by atoms with Crippen molar-refractivity contribution in [1.29, 1.82) is 0 Å². The Labute approximate surface area is 107 Å². The Morgan fingerprint density at radius 2 is 2.28 bits per heavy atom. The second kappa shape index (κ2) is 6.14. The summed E-state index contributed by atoms with van der Waals surface area (Å²) in [4.78, 5) is 11.4. The molecule has 0 unspecified atom stereocenters. The van der Waals surface area contributed by atoms with Crippen LogP contribution in [0.15, 0.2) is 24.3 Å². The lowest BCUT2D eigenvalue weighted by atomic mass is 9.93. The summed E-state index contributed by atoms with van der Waals surface area (Å²) in [6.07, 6.45) is 3.39. The number of nitrogen functional groups attached to an aromatic ring is 1. The van der Waals surface area contributed by atoms with E-state index in [1.165, 1.54) is 6.42 Å². The molecular formula is C13H19N3O2. The second-order valence-electron chi connectivity index (χ2n) is 4.45. The summed E-state index contributed by atoms with van der Waals surface area (Å²) in [5, 5.41) is 5.66. The number of urea groups is 1. The summed E-state index contributed by atoms with van der Waals surface area (Å²) in [6, 6.07) is 7.48. The smallest absolute Gasteiger partial charge is 0.315 e. The molecule has 98 valence electrons. The van der Waals surface area contributed by atoms with E-state index >= 15 is 0 Å². The fraction of sp³-hybridized carbons (Fsp3) is 0.462. The van der Waals surface area contributed by atoms with Crippen molar-refractivity contribution in [3.8, 4) is 5.75 Å². The number of carbonyl (C=O) groups is 1. The molecule has 0 heterocycles. The van der Waals surface area contributed by atoms with Gasteiger partial charge in [0, 0.05) is 17.8 Å². The van der Waals surface area contributed by atoms with Crippen LogP contribution in [0.1, 0.15) is 19.3 Å². The van der Waals surface area contributed by atoms with Gasteiger partial charge in [0.15, 0.2) is 0 Å². The number of nitrogens with two attached hydrogens (primary N) is 1. The summed E-state index contributed by atoms with van der Waals surface area (Å²) in [7, 11) is 0. The number of hydrogen-bond acceptors (Lipinski definition) is 3. The number of hydrogen-bond donors (Lipinski definition) is 3. The molecule has 2 amide bonds. The Bertz CT molecular complexity index is 405. The van der Waals surface area contributed by atoms with Crippen molar-refractivity contribution in [3.05, 3.63) is 24.3 Å². The van der Waals surface area contributed by atoms with Gasteiger partial charge < -0.3 is 21.1 Å². The van der Waals surface area contributed by atoms with E-state index in [0.29, 0.717) is 24.9 Å². The molecule has 0 aromatic heterocycles. The average molecular weight is 249 g/mol. The predicted octanol–water partition coefficient (Wildman–Crippen LogP) is 1.50. The average Bonchev–Trinajstić information content (AvgIpc) is 2.30. The molecule has 0 bridgehead atoms. The van der Waals surface area contributed by atoms with Crippen LogP contribution in [0.3, 0.4) is 0 Å². The first-order valence-corrected chi connectivity index (χ1v) is 6.27. The zero-order valence-corrected chi connectivity index (χ0v) is 10.3. The van der Waals surface area contributed by atoms with Gasteiger partial charge in [-0.1, -0.05) is 6.07 Å². The number of nitrogens with one attached hydrogen (secondary N) is 2. The minimum absolute atomic E-state index is 0.115. The van der Waals surface area contributed by atoms with Gasteiger partial charge in [0.1, 0.15) is 12.4 Å². The van der Waals surface area contributed by atoms with Crippen molar-refractivity contribution in [2.45, 2.75) is 25.3 Å². The van der Waals surface area contributed by atoms with Crippen LogP contribution >= 0.6 is 0 Å². The Morgan fingerprint density at radius 3 is 2.94 bits per heavy atom. The third-order valence-electron chi connectivity index (χ3n) is 2.95. The third-order valence-corrected chi connectivity index (χ3v) is 2.95. The van der Waals surface area contributed by atoms with E-state index in [2.05, 4.69) is 10.6 Å². The lowest BCUT2D eigenvalue weighted by Gasteiger charge is -2.26. The van der Waals surface area contributed by atoms with Crippen LogP contribution in [0.25, 0.3) is 0 Å². The number of rotatable bonds is 5. The van der Waals surface area contributed by atoms with Gasteiger partial charge in [-0.2, -0.15) is 0 Å². The molecule has 5 nitrogen and oxygen atoms in total. The van der Waals surface area contributed by atoms with E-state index in [1.54, 1.807) is 12.1 Å². The molecule has 2 rings (SSSR count). The van der Waals surface area contributed by atoms with Crippen LogP contribution in [0.5, 0.6) is 5.75 Å². The van der Waals surface area contributed by atoms with E-state index < -0.39 is 0 Å². The zero-order chi connectivity index (χ0) is 12.8. The van der Waals surface area contributed by atoms with Gasteiger partial charge >= 0.3 is 6.03 Å². The second-order valence-corrected chi connectivity index (χ2v) is 4.45. The maximum Gasteiger partial charge on any atom is 0.315 e. The highest BCUT2D eigenvalue weighted by Crippen LogP contribution is 2.17. The number of carbonyl (C=O) groups excluding carboxylic acids is 1. The molecule has 0 atom stereocenters. The van der Waals surface area contributed by atoms with Crippen molar-refractivity contribution in [2.24, 2.45) is 0 Å². The fourth-order valence-electron chi connectivity index (χ4n) is 1.73. The molecular weight excluding hydrogens is 230 g/mol. The van der Waals surface area contributed by atoms with Gasteiger partial charge in [0.25, 0.3) is 0 Å². The van der Waals surface area contributed by atoms with Gasteiger partial charge in [0.05, 0.1) is 6.54 Å². The quantitative estimate of drug-likeness (QED) is 0.546. The standard InChI is InChI=1S/C13H19N3O2/c14-10-3-1-6-12(9-10)18-8-7-15-13(17)16-11-4-2-5-11/h1,3,6,9,11H,2,4-5,7-8,14H2,(H2,15,16,17). The first kappa shape index (κ1) is 12.5. The van der Waals surface area contributed by atoms with Crippen molar-refractivity contribution in [3.63, 3.8) is 0 Å². The molecule has 1 aromatic carbocycles. The summed E-state index contributed by atoms with van der Waals surface area (Å²) in [5.74, 6) is 0.719. The highest BCUT2D eigenvalue weighted by molar-refractivity contribution is 5.74. The zero-order valence-electron chi connectivity index (χ0n) is 10.3. The van der Waals surface area contributed by atoms with Crippen molar-refractivity contribution < 1.29 is 9.53 Å². The lowest BCUT2D eigenvalue weighted by molar-refractivity contribution is 0.224. The van der Waals surface area contributed by atoms with Gasteiger partial charge in [-0.15, -0.1) is 0 Å². The van der Waals surface area contributed by atoms with E-state index in [9.17, 15) is 4.79 Å². The van der Waals surface area contributed by atoms with Gasteiger partial charge in [-0.3, -0.25) is 0 Å². The van der Waals surface area contributed by atoms with Gasteiger partial charge in [-0.05, 0) is 31.4 Å². The maximum atomic E-state index is 11.4. The first-order valence-electron chi connectivity index (χ1n) is 6.27. The lowest BCUT2D eigenvalue weighted by Crippen LogP contribution is -2.46. The van der Waals surface area contributed by atoms with Crippen molar-refractivity contribution in [1.82, 2.24) is 10.6 Å². The van der Waals surface area contributed by atoms with E-state index in [4.69, 9.17) is 10.5 Å². The molecule has 1 saturated carbocycles. The molecule has 18 heavy (non-hydrogen) atoms. The number of anilines is 1. The summed E-state index contributed by atoms with van der Waals surface area (Å²) >= 11 is 0. The minimum Gasteiger partial charge on any atom is -0.492 e. The maximum absolute atomic E-state index is 11.4. The Balaban J connectivity index is 1.59. The van der Waals surface area contributed by atoms with Gasteiger partial charge in [0.2, 0.25) is 0 Å². The molecule has 1 fully saturated rings. The Hall–Kier alpha value is -1.91. The highest BCUT2D eigenvalue weighted by atomic mass is 16.5. The summed E-state index contributed by atoms with van der Waals surface area (Å²) < 4.78 is 5.46. The minimum atomic E-state index is -0.115. The molecule has 4 N–H and O–H groups in total. The van der Waals surface area contributed by atoms with Crippen LogP contribution < -0.4 is 21.1 Å². The third kappa shape index (κ3) is 3.84. The van der Waals surface area contributed by atoms with E-state index in [0.717, 1.165) is 18.6 Å². The fourth-order valence-corrected chi connectivity index (χ4v) is 1.73. The summed E-state index contributed by atoms with van der Waals surface area (Å²) in [5.41, 5.74) is 6.30.